The van der Waals surface area contributed by atoms with Gasteiger partial charge >= 0.3 is 0 Å². The quantitative estimate of drug-likeness (QED) is 0.664. The first-order valence-electron chi connectivity index (χ1n) is 10.2. The average Bonchev–Trinajstić information content (AvgIpc) is 3.15. The summed E-state index contributed by atoms with van der Waals surface area (Å²) in [7, 11) is 2.05. The van der Waals surface area contributed by atoms with Crippen molar-refractivity contribution in [3.05, 3.63) is 70.9 Å². The summed E-state index contributed by atoms with van der Waals surface area (Å²) in [5.41, 5.74) is 5.02. The number of hydrogen-bond donors (Lipinski definition) is 0. The van der Waals surface area contributed by atoms with E-state index in [9.17, 15) is 9.59 Å². The Morgan fingerprint density at radius 3 is 2.41 bits per heavy atom. The summed E-state index contributed by atoms with van der Waals surface area (Å²) in [5.74, 6) is -0.0857. The van der Waals surface area contributed by atoms with Crippen molar-refractivity contribution >= 4 is 22.7 Å². The number of aryl methyl sites for hydroxylation is 1. The lowest BCUT2D eigenvalue weighted by atomic mass is 9.95. The first-order valence-corrected chi connectivity index (χ1v) is 10.2. The van der Waals surface area contributed by atoms with Crippen LogP contribution in [0, 0.1) is 6.92 Å². The fraction of sp³-hybridized carbons (Fsp3) is 0.333. The van der Waals surface area contributed by atoms with E-state index in [4.69, 9.17) is 0 Å². The minimum atomic E-state index is -0.260. The molecule has 0 bridgehead atoms. The van der Waals surface area contributed by atoms with E-state index in [0.717, 1.165) is 27.7 Å². The molecule has 0 aliphatic carbocycles. The number of carbonyl (C=O) groups is 2. The maximum absolute atomic E-state index is 13.3. The van der Waals surface area contributed by atoms with Crippen LogP contribution in [0.25, 0.3) is 10.9 Å². The number of amides is 2. The zero-order chi connectivity index (χ0) is 20.7. The van der Waals surface area contributed by atoms with Gasteiger partial charge in [-0.1, -0.05) is 36.4 Å². The van der Waals surface area contributed by atoms with Crippen molar-refractivity contribution in [2.45, 2.75) is 26.8 Å². The highest BCUT2D eigenvalue weighted by atomic mass is 16.2. The number of likely N-dealkylation sites (N-methyl/N-ethyl adjacent to an activating group) is 1. The lowest BCUT2D eigenvalue weighted by Gasteiger charge is -2.28. The Labute approximate surface area is 171 Å². The van der Waals surface area contributed by atoms with Gasteiger partial charge in [-0.25, -0.2) is 0 Å². The smallest absolute Gasteiger partial charge is 0.255 e. The molecule has 1 aliphatic heterocycles. The minimum absolute atomic E-state index is 0.0148. The third-order valence-electron chi connectivity index (χ3n) is 6.20. The van der Waals surface area contributed by atoms with Gasteiger partial charge in [-0.15, -0.1) is 0 Å². The molecule has 0 unspecified atom stereocenters. The van der Waals surface area contributed by atoms with Crippen molar-refractivity contribution in [1.29, 1.82) is 0 Å². The van der Waals surface area contributed by atoms with Crippen LogP contribution < -0.4 is 0 Å². The second kappa shape index (κ2) is 7.39. The van der Waals surface area contributed by atoms with E-state index in [1.54, 1.807) is 9.80 Å². The molecule has 0 spiro atoms. The molecule has 1 aromatic heterocycles. The minimum Gasteiger partial charge on any atom is -0.348 e. The van der Waals surface area contributed by atoms with Gasteiger partial charge < -0.3 is 14.4 Å². The van der Waals surface area contributed by atoms with Crippen LogP contribution in [0.3, 0.4) is 0 Å². The third-order valence-corrected chi connectivity index (χ3v) is 6.20. The van der Waals surface area contributed by atoms with Gasteiger partial charge in [-0.3, -0.25) is 9.59 Å². The molecule has 5 nitrogen and oxygen atoms in total. The standard InChI is InChI=1S/C24H27N3O2/c1-5-26(6-2)21(28)15-27-23(17-11-7-8-12-18(17)24(27)29)22-16(3)25(4)20-14-10-9-13-19(20)22/h7-14,23H,5-6,15H2,1-4H3/t23-/m1/s1. The lowest BCUT2D eigenvalue weighted by molar-refractivity contribution is -0.131. The first kappa shape index (κ1) is 19.2. The van der Waals surface area contributed by atoms with E-state index >= 15 is 0 Å². The molecule has 2 heterocycles. The number of fused-ring (bicyclic) bond motifs is 2. The monoisotopic (exact) mass is 389 g/mol. The summed E-state index contributed by atoms with van der Waals surface area (Å²) in [6.45, 7) is 7.39. The molecule has 29 heavy (non-hydrogen) atoms. The molecule has 2 amide bonds. The molecular weight excluding hydrogens is 362 g/mol. The van der Waals surface area contributed by atoms with Crippen LogP contribution >= 0.6 is 0 Å². The SMILES string of the molecule is CCN(CC)C(=O)CN1C(=O)c2ccccc2[C@@H]1c1c(C)n(C)c2ccccc12. The van der Waals surface area contributed by atoms with Crippen LogP contribution in [-0.4, -0.2) is 45.8 Å². The van der Waals surface area contributed by atoms with E-state index in [2.05, 4.69) is 30.7 Å². The maximum Gasteiger partial charge on any atom is 0.255 e. The number of rotatable bonds is 5. The molecule has 0 saturated carbocycles. The van der Waals surface area contributed by atoms with Gasteiger partial charge in [0.25, 0.3) is 5.91 Å². The number of nitrogens with zero attached hydrogens (tertiary/aromatic N) is 3. The normalized spacial score (nSPS) is 15.8. The Kier molecular flexibility index (Phi) is 4.91. The topological polar surface area (TPSA) is 45.6 Å². The summed E-state index contributed by atoms with van der Waals surface area (Å²) in [4.78, 5) is 29.8. The molecule has 1 aliphatic rings. The van der Waals surface area contributed by atoms with Gasteiger partial charge in [0.1, 0.15) is 6.54 Å². The molecule has 5 heteroatoms. The lowest BCUT2D eigenvalue weighted by Crippen LogP contribution is -2.42. The Morgan fingerprint density at radius 2 is 1.69 bits per heavy atom. The van der Waals surface area contributed by atoms with Crippen LogP contribution in [0.1, 0.15) is 47.1 Å². The van der Waals surface area contributed by atoms with Gasteiger partial charge in [0.05, 0.1) is 6.04 Å². The number of para-hydroxylation sites is 1. The molecule has 0 radical (unpaired) electrons. The highest BCUT2D eigenvalue weighted by Crippen LogP contribution is 2.43. The third kappa shape index (κ3) is 2.92. The molecule has 3 aromatic rings. The van der Waals surface area contributed by atoms with Crippen LogP contribution in [-0.2, 0) is 11.8 Å². The number of carbonyl (C=O) groups excluding carboxylic acids is 2. The van der Waals surface area contributed by atoms with E-state index < -0.39 is 0 Å². The van der Waals surface area contributed by atoms with Crippen LogP contribution in [0.15, 0.2) is 48.5 Å². The summed E-state index contributed by atoms with van der Waals surface area (Å²) in [6, 6.07) is 15.7. The first-order chi connectivity index (χ1) is 14.0. The summed E-state index contributed by atoms with van der Waals surface area (Å²) in [5, 5.41) is 1.13. The Hall–Kier alpha value is -3.08. The summed E-state index contributed by atoms with van der Waals surface area (Å²) in [6.07, 6.45) is 0. The van der Waals surface area contributed by atoms with Gasteiger partial charge in [0.15, 0.2) is 0 Å². The van der Waals surface area contributed by atoms with Crippen molar-refractivity contribution in [3.63, 3.8) is 0 Å². The molecule has 1 atom stereocenters. The van der Waals surface area contributed by atoms with E-state index in [1.807, 2.05) is 50.2 Å². The zero-order valence-corrected chi connectivity index (χ0v) is 17.5. The van der Waals surface area contributed by atoms with Crippen molar-refractivity contribution in [2.24, 2.45) is 7.05 Å². The molecular formula is C24H27N3O2. The fourth-order valence-corrected chi connectivity index (χ4v) is 4.56. The molecule has 0 N–H and O–H groups in total. The zero-order valence-electron chi connectivity index (χ0n) is 17.5. The number of benzene rings is 2. The van der Waals surface area contributed by atoms with E-state index in [1.165, 1.54) is 0 Å². The van der Waals surface area contributed by atoms with Gasteiger partial charge in [-0.2, -0.15) is 0 Å². The highest BCUT2D eigenvalue weighted by Gasteiger charge is 2.41. The van der Waals surface area contributed by atoms with Crippen LogP contribution in [0.2, 0.25) is 0 Å². The maximum atomic E-state index is 13.3. The predicted molar refractivity (Wildman–Crippen MR) is 115 cm³/mol. The largest absolute Gasteiger partial charge is 0.348 e. The predicted octanol–water partition coefficient (Wildman–Crippen LogP) is 3.90. The van der Waals surface area contributed by atoms with E-state index in [0.29, 0.717) is 18.7 Å². The Morgan fingerprint density at radius 1 is 1.03 bits per heavy atom. The molecule has 150 valence electrons. The van der Waals surface area contributed by atoms with Gasteiger partial charge in [0.2, 0.25) is 5.91 Å². The summed E-state index contributed by atoms with van der Waals surface area (Å²) < 4.78 is 2.17. The van der Waals surface area contributed by atoms with Crippen molar-refractivity contribution in [1.82, 2.24) is 14.4 Å². The van der Waals surface area contributed by atoms with Crippen molar-refractivity contribution in [2.75, 3.05) is 19.6 Å². The number of hydrogen-bond acceptors (Lipinski definition) is 2. The molecule has 4 rings (SSSR count). The average molecular weight is 389 g/mol. The van der Waals surface area contributed by atoms with Gasteiger partial charge in [0, 0.05) is 47.9 Å². The Bertz CT molecular complexity index is 1090. The van der Waals surface area contributed by atoms with Crippen LogP contribution in [0.4, 0.5) is 0 Å². The molecule has 0 saturated heterocycles. The van der Waals surface area contributed by atoms with E-state index in [-0.39, 0.29) is 24.4 Å². The van der Waals surface area contributed by atoms with Crippen molar-refractivity contribution < 1.29 is 9.59 Å². The second-order valence-corrected chi connectivity index (χ2v) is 7.56. The number of aromatic nitrogens is 1. The Balaban J connectivity index is 1.88. The van der Waals surface area contributed by atoms with Gasteiger partial charge in [-0.05, 0) is 38.5 Å². The second-order valence-electron chi connectivity index (χ2n) is 7.56. The van der Waals surface area contributed by atoms with Crippen molar-refractivity contribution in [3.8, 4) is 0 Å². The molecule has 2 aromatic carbocycles. The summed E-state index contributed by atoms with van der Waals surface area (Å²) >= 11 is 0. The van der Waals surface area contributed by atoms with Crippen LogP contribution in [0.5, 0.6) is 0 Å². The molecule has 0 fully saturated rings. The highest BCUT2D eigenvalue weighted by molar-refractivity contribution is 6.02. The fourth-order valence-electron chi connectivity index (χ4n) is 4.56.